The molecule has 640 valence electrons. The van der Waals surface area contributed by atoms with Crippen molar-refractivity contribution in [3.63, 3.8) is 0 Å². The summed E-state index contributed by atoms with van der Waals surface area (Å²) in [6.07, 6.45) is 64.0. The van der Waals surface area contributed by atoms with Crippen LogP contribution in [0.15, 0.2) is 48.6 Å². The largest absolute Gasteiger partial charge is 0.394 e. The molecule has 0 spiro atoms. The molecular weight excluding hydrogens is 1380 g/mol. The van der Waals surface area contributed by atoms with Crippen molar-refractivity contribution in [2.45, 2.75) is 491 Å². The summed E-state index contributed by atoms with van der Waals surface area (Å²) in [6.45, 7) is 1.79. The molecule has 0 radical (unpaired) electrons. The number of aliphatic hydroxyl groups excluding tert-OH is 11. The van der Waals surface area contributed by atoms with E-state index in [1.807, 2.05) is 6.08 Å². The quantitative estimate of drug-likeness (QED) is 0.0199. The minimum Gasteiger partial charge on any atom is -0.394 e. The van der Waals surface area contributed by atoms with Crippen molar-refractivity contribution in [3.8, 4) is 0 Å². The number of rotatable bonds is 74. The molecule has 0 aromatic heterocycles. The Bertz CT molecular complexity index is 2150. The van der Waals surface area contributed by atoms with Crippen molar-refractivity contribution < 1.29 is 89.4 Å². The fourth-order valence-corrected chi connectivity index (χ4v) is 15.4. The Kier molecular flexibility index (Phi) is 64.8. The van der Waals surface area contributed by atoms with Gasteiger partial charge in [-0.25, -0.2) is 0 Å². The number of allylic oxidation sites excluding steroid dienone is 7. The van der Waals surface area contributed by atoms with Gasteiger partial charge in [-0.1, -0.05) is 371 Å². The standard InChI is InChI=1S/C90H167NO18/c1-3-5-7-9-11-13-15-17-19-21-23-25-27-29-31-33-35-36-38-39-41-43-45-47-49-51-53-55-57-59-61-63-65-67-74(95)73(91-78(96)68-66-64-62-60-58-56-54-52-50-48-46-44-42-40-37-34-32-30-28-26-24-22-20-18-16-14-12-10-8-6-4-2)72-104-88-84(102)81(99)86(76(70-93)106-88)109-90-85(103)82(100)87(77(71-94)107-90)108-89-83(101)80(98)79(97)75(69-92)105-89/h16,18,22,24,28,30,65,67,73-77,79-90,92-95,97-103H,3-15,17,19-21,23,25-27,29,31-64,66,68-72H2,1-2H3,(H,91,96)/b18-16-,24-22-,30-28-,67-65+. The van der Waals surface area contributed by atoms with Gasteiger partial charge in [0.05, 0.1) is 38.6 Å². The molecule has 3 heterocycles. The molecule has 3 saturated heterocycles. The first-order chi connectivity index (χ1) is 53.3. The van der Waals surface area contributed by atoms with Crippen molar-refractivity contribution in [2.75, 3.05) is 26.4 Å². The van der Waals surface area contributed by atoms with Crippen molar-refractivity contribution in [1.82, 2.24) is 5.32 Å². The summed E-state index contributed by atoms with van der Waals surface area (Å²) in [7, 11) is 0. The number of unbranched alkanes of at least 4 members (excludes halogenated alkanes) is 52. The van der Waals surface area contributed by atoms with Gasteiger partial charge in [-0.3, -0.25) is 4.79 Å². The van der Waals surface area contributed by atoms with Crippen LogP contribution in [-0.2, 0) is 33.2 Å². The number of ether oxygens (including phenoxy) is 6. The normalized spacial score (nSPS) is 25.5. The van der Waals surface area contributed by atoms with Crippen LogP contribution >= 0.6 is 0 Å². The summed E-state index contributed by atoms with van der Waals surface area (Å²) in [5, 5.41) is 121. The number of nitrogens with one attached hydrogen (secondary N) is 1. The molecule has 19 nitrogen and oxygen atoms in total. The maximum atomic E-state index is 13.5. The summed E-state index contributed by atoms with van der Waals surface area (Å²) < 4.78 is 34.5. The number of aliphatic hydroxyl groups is 11. The molecule has 0 aromatic rings. The molecule has 0 aromatic carbocycles. The Morgan fingerprint density at radius 2 is 0.606 bits per heavy atom. The van der Waals surface area contributed by atoms with Gasteiger partial charge in [-0.2, -0.15) is 0 Å². The maximum Gasteiger partial charge on any atom is 0.220 e. The molecule has 0 bridgehead atoms. The van der Waals surface area contributed by atoms with Crippen LogP contribution in [0.25, 0.3) is 0 Å². The van der Waals surface area contributed by atoms with Gasteiger partial charge >= 0.3 is 0 Å². The predicted octanol–water partition coefficient (Wildman–Crippen LogP) is 17.2. The molecule has 19 heteroatoms. The van der Waals surface area contributed by atoms with Crippen molar-refractivity contribution in [2.24, 2.45) is 0 Å². The van der Waals surface area contributed by atoms with Crippen LogP contribution in [0.4, 0.5) is 0 Å². The van der Waals surface area contributed by atoms with Crippen LogP contribution in [0.3, 0.4) is 0 Å². The molecule has 109 heavy (non-hydrogen) atoms. The first-order valence-corrected chi connectivity index (χ1v) is 45.4. The lowest BCUT2D eigenvalue weighted by Crippen LogP contribution is -2.66. The molecule has 3 aliphatic rings. The van der Waals surface area contributed by atoms with Gasteiger partial charge in [-0.05, 0) is 57.8 Å². The third-order valence-corrected chi connectivity index (χ3v) is 22.6. The fraction of sp³-hybridized carbons (Fsp3) is 0.900. The topological polar surface area (TPSA) is 307 Å². The fourth-order valence-electron chi connectivity index (χ4n) is 15.4. The number of carbonyl (C=O) groups excluding carboxylic acids is 1. The second-order valence-corrected chi connectivity index (χ2v) is 32.4. The van der Waals surface area contributed by atoms with Gasteiger partial charge in [0.25, 0.3) is 0 Å². The third kappa shape index (κ3) is 48.8. The third-order valence-electron chi connectivity index (χ3n) is 22.6. The maximum absolute atomic E-state index is 13.5. The summed E-state index contributed by atoms with van der Waals surface area (Å²) in [4.78, 5) is 13.5. The Balaban J connectivity index is 1.33. The first kappa shape index (κ1) is 101. The van der Waals surface area contributed by atoms with E-state index in [1.165, 1.54) is 302 Å². The zero-order chi connectivity index (χ0) is 78.8. The Labute approximate surface area is 663 Å². The van der Waals surface area contributed by atoms with E-state index >= 15 is 0 Å². The van der Waals surface area contributed by atoms with Crippen LogP contribution in [0, 0.1) is 0 Å². The zero-order valence-corrected chi connectivity index (χ0v) is 69.1. The average molecular weight is 1550 g/mol. The molecule has 12 N–H and O–H groups in total. The van der Waals surface area contributed by atoms with Crippen molar-refractivity contribution >= 4 is 5.91 Å². The number of amides is 1. The number of carbonyl (C=O) groups is 1. The van der Waals surface area contributed by atoms with Crippen LogP contribution in [0.1, 0.15) is 386 Å². The molecule has 0 aliphatic carbocycles. The molecule has 1 amide bonds. The lowest BCUT2D eigenvalue weighted by atomic mass is 9.96. The van der Waals surface area contributed by atoms with E-state index in [1.54, 1.807) is 6.08 Å². The smallest absolute Gasteiger partial charge is 0.220 e. The van der Waals surface area contributed by atoms with Crippen LogP contribution < -0.4 is 5.32 Å². The van der Waals surface area contributed by atoms with E-state index < -0.39 is 124 Å². The van der Waals surface area contributed by atoms with Gasteiger partial charge in [0.2, 0.25) is 5.91 Å². The van der Waals surface area contributed by atoms with Crippen LogP contribution in [0.5, 0.6) is 0 Å². The van der Waals surface area contributed by atoms with Gasteiger partial charge in [0.1, 0.15) is 73.2 Å². The summed E-state index contributed by atoms with van der Waals surface area (Å²) >= 11 is 0. The van der Waals surface area contributed by atoms with Crippen molar-refractivity contribution in [3.05, 3.63) is 48.6 Å². The van der Waals surface area contributed by atoms with Crippen molar-refractivity contribution in [1.29, 1.82) is 0 Å². The molecule has 3 rings (SSSR count). The SMILES string of the molecule is CCCCCCC/C=C\C/C=C\C/C=C\CCCCCCCCCCCCCCCCCCC(=O)NC(COC1OC(CO)C(OC2OC(CO)C(OC3OC(CO)C(O)C(O)C3O)C(O)C2O)C(O)C1O)C(O)/C=C/CCCCCCCCCCCCCCCCCCCCCCCCCCCCCCCCC. The predicted molar refractivity (Wildman–Crippen MR) is 439 cm³/mol. The van der Waals surface area contributed by atoms with Gasteiger partial charge in [-0.15, -0.1) is 0 Å². The lowest BCUT2D eigenvalue weighted by molar-refractivity contribution is -0.379. The van der Waals surface area contributed by atoms with Gasteiger partial charge in [0, 0.05) is 6.42 Å². The molecule has 0 saturated carbocycles. The number of hydrogen-bond donors (Lipinski definition) is 12. The van der Waals surface area contributed by atoms with Gasteiger partial charge < -0.3 is 89.9 Å². The minimum absolute atomic E-state index is 0.244. The minimum atomic E-state index is -1.98. The Hall–Kier alpha value is -2.25. The Morgan fingerprint density at radius 3 is 0.945 bits per heavy atom. The molecule has 17 atom stereocenters. The second kappa shape index (κ2) is 70.0. The second-order valence-electron chi connectivity index (χ2n) is 32.4. The molecular formula is C90H167NO18. The molecule has 3 fully saturated rings. The highest BCUT2D eigenvalue weighted by Crippen LogP contribution is 2.34. The van der Waals surface area contributed by atoms with E-state index in [-0.39, 0.29) is 18.9 Å². The van der Waals surface area contributed by atoms with Crippen LogP contribution in [-0.4, -0.2) is 193 Å². The highest BCUT2D eigenvalue weighted by Gasteiger charge is 2.54. The van der Waals surface area contributed by atoms with E-state index in [0.29, 0.717) is 6.42 Å². The van der Waals surface area contributed by atoms with Crippen LogP contribution in [0.2, 0.25) is 0 Å². The zero-order valence-electron chi connectivity index (χ0n) is 69.1. The highest BCUT2D eigenvalue weighted by atomic mass is 16.8. The lowest BCUT2D eigenvalue weighted by Gasteiger charge is -2.48. The summed E-state index contributed by atoms with van der Waals surface area (Å²) in [6, 6.07) is -0.976. The molecule has 17 unspecified atom stereocenters. The number of hydrogen-bond acceptors (Lipinski definition) is 18. The van der Waals surface area contributed by atoms with E-state index in [4.69, 9.17) is 28.4 Å². The Morgan fingerprint density at radius 1 is 0.330 bits per heavy atom. The summed E-state index contributed by atoms with van der Waals surface area (Å²) in [5.41, 5.74) is 0. The monoisotopic (exact) mass is 1550 g/mol. The van der Waals surface area contributed by atoms with E-state index in [0.717, 1.165) is 57.8 Å². The van der Waals surface area contributed by atoms with E-state index in [2.05, 4.69) is 55.6 Å². The average Bonchev–Trinajstić information content (AvgIpc) is 0.782. The van der Waals surface area contributed by atoms with E-state index in [9.17, 15) is 61.0 Å². The molecule has 3 aliphatic heterocycles. The summed E-state index contributed by atoms with van der Waals surface area (Å²) in [5.74, 6) is -0.270. The first-order valence-electron chi connectivity index (χ1n) is 45.4. The van der Waals surface area contributed by atoms with Gasteiger partial charge in [0.15, 0.2) is 18.9 Å². The highest BCUT2D eigenvalue weighted by molar-refractivity contribution is 5.76.